The third-order valence-electron chi connectivity index (χ3n) is 3.89. The Balaban J connectivity index is 2.03. The quantitative estimate of drug-likeness (QED) is 0.801. The van der Waals surface area contributed by atoms with Crippen molar-refractivity contribution in [3.05, 3.63) is 34.9 Å². The second-order valence-electron chi connectivity index (χ2n) is 7.17. The zero-order valence-electron chi connectivity index (χ0n) is 14.3. The first-order valence-corrected chi connectivity index (χ1v) is 8.32. The molecule has 3 rings (SSSR count). The molecule has 26 heavy (non-hydrogen) atoms. The van der Waals surface area contributed by atoms with Crippen LogP contribution in [0.1, 0.15) is 55.5 Å². The van der Waals surface area contributed by atoms with E-state index >= 15 is 0 Å². The highest BCUT2D eigenvalue weighted by Crippen LogP contribution is 2.46. The number of hydrogen-bond donors (Lipinski definition) is 2. The van der Waals surface area contributed by atoms with E-state index in [-0.39, 0.29) is 23.0 Å². The van der Waals surface area contributed by atoms with Crippen LogP contribution < -0.4 is 10.6 Å². The van der Waals surface area contributed by atoms with E-state index in [2.05, 4.69) is 15.7 Å². The van der Waals surface area contributed by atoms with Crippen LogP contribution in [-0.4, -0.2) is 27.4 Å². The Hall–Kier alpha value is -2.16. The molecule has 0 bridgehead atoms. The topological polar surface area (TPSA) is 72.1 Å². The van der Waals surface area contributed by atoms with Crippen molar-refractivity contribution >= 4 is 23.3 Å². The fourth-order valence-corrected chi connectivity index (χ4v) is 3.08. The first-order chi connectivity index (χ1) is 12.0. The van der Waals surface area contributed by atoms with Crippen molar-refractivity contribution in [2.45, 2.75) is 51.0 Å². The number of rotatable bonds is 2. The highest BCUT2D eigenvalue weighted by molar-refractivity contribution is 6.36. The van der Waals surface area contributed by atoms with Crippen LogP contribution in [0.3, 0.4) is 0 Å². The molecular formula is C16H18ClF3N4O2. The largest absolute Gasteiger partial charge is 0.467 e. The summed E-state index contributed by atoms with van der Waals surface area (Å²) in [6.07, 6.45) is -3.51. The second-order valence-corrected chi connectivity index (χ2v) is 7.54. The maximum absolute atomic E-state index is 13.6. The van der Waals surface area contributed by atoms with Gasteiger partial charge in [-0.15, -0.1) is 0 Å². The van der Waals surface area contributed by atoms with Gasteiger partial charge in [0.1, 0.15) is 16.6 Å². The van der Waals surface area contributed by atoms with E-state index in [0.29, 0.717) is 5.76 Å². The van der Waals surface area contributed by atoms with E-state index in [1.165, 1.54) is 6.26 Å². The summed E-state index contributed by atoms with van der Waals surface area (Å²) in [5.74, 6) is -0.342. The number of nitrogens with zero attached hydrogens (tertiary/aromatic N) is 2. The van der Waals surface area contributed by atoms with E-state index in [1.807, 2.05) is 0 Å². The smallest absolute Gasteiger partial charge is 0.410 e. The lowest BCUT2D eigenvalue weighted by molar-refractivity contribution is -0.174. The van der Waals surface area contributed by atoms with Crippen molar-refractivity contribution in [1.82, 2.24) is 15.1 Å². The third kappa shape index (κ3) is 3.53. The molecule has 2 aromatic heterocycles. The van der Waals surface area contributed by atoms with Gasteiger partial charge in [-0.2, -0.15) is 18.3 Å². The number of aromatic nitrogens is 2. The minimum absolute atomic E-state index is 0.0549. The number of fused-ring (bicyclic) bond motifs is 1. The summed E-state index contributed by atoms with van der Waals surface area (Å²) >= 11 is 6.20. The maximum atomic E-state index is 13.6. The summed E-state index contributed by atoms with van der Waals surface area (Å²) in [6.45, 7) is 5.25. The first kappa shape index (κ1) is 18.6. The van der Waals surface area contributed by atoms with Crippen molar-refractivity contribution in [2.75, 3.05) is 5.32 Å². The number of nitrogens with one attached hydrogen (secondary N) is 2. The van der Waals surface area contributed by atoms with Gasteiger partial charge in [0, 0.05) is 12.0 Å². The summed E-state index contributed by atoms with van der Waals surface area (Å²) < 4.78 is 46.7. The van der Waals surface area contributed by atoms with Gasteiger partial charge in [-0.25, -0.2) is 4.68 Å². The van der Waals surface area contributed by atoms with E-state index in [0.717, 1.165) is 4.68 Å². The Morgan fingerprint density at radius 1 is 1.42 bits per heavy atom. The van der Waals surface area contributed by atoms with Crippen molar-refractivity contribution in [1.29, 1.82) is 0 Å². The molecule has 0 spiro atoms. The van der Waals surface area contributed by atoms with Crippen LogP contribution in [-0.2, 0) is 0 Å². The zero-order valence-corrected chi connectivity index (χ0v) is 15.1. The van der Waals surface area contributed by atoms with Crippen LogP contribution in [0.25, 0.3) is 0 Å². The molecule has 2 N–H and O–H groups in total. The number of anilines is 1. The molecule has 3 heterocycles. The Labute approximate surface area is 152 Å². The monoisotopic (exact) mass is 390 g/mol. The average Bonchev–Trinajstić information content (AvgIpc) is 3.12. The Morgan fingerprint density at radius 3 is 2.65 bits per heavy atom. The van der Waals surface area contributed by atoms with Crippen LogP contribution in [0.4, 0.5) is 19.0 Å². The molecule has 2 aromatic rings. The molecule has 0 radical (unpaired) electrons. The van der Waals surface area contributed by atoms with Gasteiger partial charge in [-0.05, 0) is 32.9 Å². The molecule has 1 aliphatic rings. The summed E-state index contributed by atoms with van der Waals surface area (Å²) in [4.78, 5) is 12.4. The van der Waals surface area contributed by atoms with Crippen LogP contribution in [0.5, 0.6) is 0 Å². The number of carbonyl (C=O) groups excluding carboxylic acids is 1. The molecule has 10 heteroatoms. The normalized spacial score (nSPS) is 20.4. The third-order valence-corrected chi connectivity index (χ3v) is 4.24. The zero-order chi connectivity index (χ0) is 19.3. The van der Waals surface area contributed by atoms with E-state index in [1.54, 1.807) is 32.9 Å². The molecule has 6 nitrogen and oxygen atoms in total. The van der Waals surface area contributed by atoms with Crippen molar-refractivity contribution < 1.29 is 22.4 Å². The van der Waals surface area contributed by atoms with Crippen LogP contribution >= 0.6 is 11.6 Å². The molecule has 1 amide bonds. The summed E-state index contributed by atoms with van der Waals surface area (Å²) in [5.41, 5.74) is -0.837. The van der Waals surface area contributed by atoms with Crippen molar-refractivity contribution in [3.8, 4) is 0 Å². The van der Waals surface area contributed by atoms with Crippen molar-refractivity contribution in [3.63, 3.8) is 0 Å². The molecule has 142 valence electrons. The van der Waals surface area contributed by atoms with Crippen LogP contribution in [0, 0.1) is 0 Å². The molecule has 0 saturated heterocycles. The molecular weight excluding hydrogens is 373 g/mol. The Morgan fingerprint density at radius 2 is 2.12 bits per heavy atom. The Kier molecular flexibility index (Phi) is 4.46. The lowest BCUT2D eigenvalue weighted by Crippen LogP contribution is -2.41. The van der Waals surface area contributed by atoms with Gasteiger partial charge in [-0.1, -0.05) is 11.6 Å². The van der Waals surface area contributed by atoms with Crippen molar-refractivity contribution in [2.24, 2.45) is 0 Å². The molecule has 0 fully saturated rings. The first-order valence-electron chi connectivity index (χ1n) is 7.94. The van der Waals surface area contributed by atoms with E-state index < -0.39 is 29.7 Å². The Bertz CT molecular complexity index is 809. The highest BCUT2D eigenvalue weighted by atomic mass is 35.5. The van der Waals surface area contributed by atoms with Gasteiger partial charge in [0.25, 0.3) is 5.91 Å². The predicted molar refractivity (Wildman–Crippen MR) is 89.2 cm³/mol. The van der Waals surface area contributed by atoms with Gasteiger partial charge in [0.2, 0.25) is 0 Å². The standard InChI is InChI=1S/C16H18ClF3N4O2/c1-15(2,3)22-14(25)12-11(17)13-21-8(9-5-4-6-26-9)7-10(16(18,19)20)24(13)23-12/h4-6,8,10,21H,7H2,1-3H3,(H,22,25)/t8-,10+/m1/s1. The molecule has 2 atom stereocenters. The minimum Gasteiger partial charge on any atom is -0.467 e. The summed E-state index contributed by atoms with van der Waals surface area (Å²) in [5, 5.41) is 9.26. The van der Waals surface area contributed by atoms with E-state index in [9.17, 15) is 18.0 Å². The summed E-state index contributed by atoms with van der Waals surface area (Å²) in [6, 6.07) is 0.507. The lowest BCUT2D eigenvalue weighted by atomic mass is 10.0. The van der Waals surface area contributed by atoms with Crippen LogP contribution in [0.2, 0.25) is 5.02 Å². The molecule has 0 saturated carbocycles. The number of hydrogen-bond acceptors (Lipinski definition) is 4. The van der Waals surface area contributed by atoms with Gasteiger partial charge < -0.3 is 15.1 Å². The SMILES string of the molecule is CC(C)(C)NC(=O)c1nn2c(c1Cl)N[C@@H](c1ccco1)C[C@H]2C(F)(F)F. The van der Waals surface area contributed by atoms with E-state index in [4.69, 9.17) is 16.0 Å². The van der Waals surface area contributed by atoms with Gasteiger partial charge in [0.05, 0.1) is 12.3 Å². The van der Waals surface area contributed by atoms with Gasteiger partial charge in [0.15, 0.2) is 11.7 Å². The van der Waals surface area contributed by atoms with Crippen LogP contribution in [0.15, 0.2) is 22.8 Å². The predicted octanol–water partition coefficient (Wildman–Crippen LogP) is 4.32. The van der Waals surface area contributed by atoms with Gasteiger partial charge in [-0.3, -0.25) is 4.79 Å². The van der Waals surface area contributed by atoms with Gasteiger partial charge >= 0.3 is 6.18 Å². The number of carbonyl (C=O) groups is 1. The minimum atomic E-state index is -4.56. The number of alkyl halides is 3. The highest BCUT2D eigenvalue weighted by Gasteiger charge is 2.48. The molecule has 0 aromatic carbocycles. The second kappa shape index (κ2) is 6.22. The molecule has 0 aliphatic carbocycles. The molecule has 1 aliphatic heterocycles. The number of amides is 1. The number of halogens is 4. The molecule has 0 unspecified atom stereocenters. The summed E-state index contributed by atoms with van der Waals surface area (Å²) in [7, 11) is 0. The fraction of sp³-hybridized carbons (Fsp3) is 0.500. The number of furan rings is 1. The fourth-order valence-electron chi connectivity index (χ4n) is 2.81. The lowest BCUT2D eigenvalue weighted by Gasteiger charge is -2.32. The maximum Gasteiger partial charge on any atom is 0.410 e. The average molecular weight is 391 g/mol.